The fraction of sp³-hybridized carbons (Fsp3) is 0.381. The van der Waals surface area contributed by atoms with Crippen molar-refractivity contribution in [2.45, 2.75) is 43.7 Å². The van der Waals surface area contributed by atoms with Gasteiger partial charge in [0.15, 0.2) is 5.03 Å². The molecular formula is C21H24N6O2S. The van der Waals surface area contributed by atoms with Crippen LogP contribution in [0.15, 0.2) is 41.8 Å². The lowest BCUT2D eigenvalue weighted by atomic mass is 10.0. The van der Waals surface area contributed by atoms with Gasteiger partial charge in [0, 0.05) is 48.3 Å². The molecule has 1 fully saturated rings. The number of aromatic nitrogens is 4. The van der Waals surface area contributed by atoms with Crippen LogP contribution in [0.2, 0.25) is 0 Å². The van der Waals surface area contributed by atoms with Crippen LogP contribution >= 0.6 is 0 Å². The lowest BCUT2D eigenvalue weighted by Gasteiger charge is -2.39. The SMILES string of the molecule is C[C@H]1CCN1c1nc2c(c(-c3cccc(NS(=O)(=O)c4cn(C)cn4)c3)n1)CCC2. The monoisotopic (exact) mass is 424 g/mol. The minimum Gasteiger partial charge on any atom is -0.339 e. The number of sulfonamides is 1. The van der Waals surface area contributed by atoms with Gasteiger partial charge in [0.1, 0.15) is 0 Å². The van der Waals surface area contributed by atoms with E-state index < -0.39 is 10.0 Å². The highest BCUT2D eigenvalue weighted by Gasteiger charge is 2.29. The number of anilines is 2. The topological polar surface area (TPSA) is 93.0 Å². The number of rotatable bonds is 5. The second-order valence-electron chi connectivity index (χ2n) is 8.05. The number of fused-ring (bicyclic) bond motifs is 1. The summed E-state index contributed by atoms with van der Waals surface area (Å²) in [6.45, 7) is 3.16. The summed E-state index contributed by atoms with van der Waals surface area (Å²) in [6.07, 6.45) is 7.08. The lowest BCUT2D eigenvalue weighted by molar-refractivity contribution is 0.470. The molecule has 5 rings (SSSR count). The number of nitrogens with one attached hydrogen (secondary N) is 1. The first-order valence-corrected chi connectivity index (χ1v) is 11.7. The molecule has 1 aliphatic carbocycles. The molecule has 30 heavy (non-hydrogen) atoms. The highest BCUT2D eigenvalue weighted by Crippen LogP contribution is 2.34. The average molecular weight is 425 g/mol. The number of imidazole rings is 1. The minimum absolute atomic E-state index is 0.00705. The van der Waals surface area contributed by atoms with E-state index in [9.17, 15) is 8.42 Å². The Bertz CT molecular complexity index is 1220. The third kappa shape index (κ3) is 3.32. The molecule has 3 aromatic rings. The standard InChI is InChI=1S/C21H24N6O2S/c1-14-9-10-27(14)21-23-18-8-4-7-17(18)20(24-21)15-5-3-6-16(11-15)25-30(28,29)19-12-26(2)13-22-19/h3,5-6,11-14,25H,4,7-10H2,1-2H3/t14-/m0/s1. The summed E-state index contributed by atoms with van der Waals surface area (Å²) >= 11 is 0. The molecule has 156 valence electrons. The highest BCUT2D eigenvalue weighted by molar-refractivity contribution is 7.92. The maximum absolute atomic E-state index is 12.7. The zero-order chi connectivity index (χ0) is 20.9. The van der Waals surface area contributed by atoms with Gasteiger partial charge >= 0.3 is 0 Å². The minimum atomic E-state index is -3.75. The molecule has 0 bridgehead atoms. The van der Waals surface area contributed by atoms with Crippen LogP contribution in [0.1, 0.15) is 31.0 Å². The van der Waals surface area contributed by atoms with E-state index in [0.29, 0.717) is 11.7 Å². The van der Waals surface area contributed by atoms with E-state index in [4.69, 9.17) is 9.97 Å². The Hall–Kier alpha value is -2.94. The predicted octanol–water partition coefficient (Wildman–Crippen LogP) is 2.77. The molecule has 3 heterocycles. The van der Waals surface area contributed by atoms with Crippen molar-refractivity contribution in [2.24, 2.45) is 7.05 Å². The van der Waals surface area contributed by atoms with Crippen LogP contribution < -0.4 is 9.62 Å². The third-order valence-corrected chi connectivity index (χ3v) is 7.11. The second kappa shape index (κ2) is 7.09. The van der Waals surface area contributed by atoms with Gasteiger partial charge in [-0.3, -0.25) is 4.72 Å². The Kier molecular flexibility index (Phi) is 4.50. The molecule has 0 amide bonds. The molecule has 9 heteroatoms. The number of hydrogen-bond donors (Lipinski definition) is 1. The van der Waals surface area contributed by atoms with Gasteiger partial charge in [0.2, 0.25) is 5.95 Å². The van der Waals surface area contributed by atoms with E-state index in [2.05, 4.69) is 21.5 Å². The van der Waals surface area contributed by atoms with Crippen LogP contribution in [-0.4, -0.2) is 40.5 Å². The molecule has 1 N–H and O–H groups in total. The first-order valence-electron chi connectivity index (χ1n) is 10.2. The van der Waals surface area contributed by atoms with Crippen LogP contribution in [0.5, 0.6) is 0 Å². The van der Waals surface area contributed by atoms with Crippen molar-refractivity contribution >= 4 is 21.7 Å². The van der Waals surface area contributed by atoms with Crippen molar-refractivity contribution in [3.8, 4) is 11.3 Å². The average Bonchev–Trinajstić information content (AvgIpc) is 3.35. The normalized spacial score (nSPS) is 18.2. The predicted molar refractivity (Wildman–Crippen MR) is 115 cm³/mol. The fourth-order valence-corrected chi connectivity index (χ4v) is 5.10. The molecule has 2 aromatic heterocycles. The second-order valence-corrected chi connectivity index (χ2v) is 9.68. The molecule has 1 aromatic carbocycles. The van der Waals surface area contributed by atoms with Crippen LogP contribution in [0.4, 0.5) is 11.6 Å². The van der Waals surface area contributed by atoms with Crippen molar-refractivity contribution < 1.29 is 8.42 Å². The summed E-state index contributed by atoms with van der Waals surface area (Å²) in [5.74, 6) is 0.781. The van der Waals surface area contributed by atoms with E-state index >= 15 is 0 Å². The van der Waals surface area contributed by atoms with Crippen molar-refractivity contribution in [1.29, 1.82) is 0 Å². The van der Waals surface area contributed by atoms with Gasteiger partial charge in [-0.15, -0.1) is 0 Å². The van der Waals surface area contributed by atoms with E-state index in [1.54, 1.807) is 17.7 Å². The number of benzene rings is 1. The number of nitrogens with zero attached hydrogens (tertiary/aromatic N) is 5. The van der Waals surface area contributed by atoms with Gasteiger partial charge in [-0.05, 0) is 44.7 Å². The number of aryl methyl sites for hydroxylation is 2. The molecule has 0 spiro atoms. The van der Waals surface area contributed by atoms with Gasteiger partial charge in [0.25, 0.3) is 10.0 Å². The van der Waals surface area contributed by atoms with Crippen LogP contribution in [-0.2, 0) is 29.9 Å². The van der Waals surface area contributed by atoms with Crippen LogP contribution in [0.25, 0.3) is 11.3 Å². The van der Waals surface area contributed by atoms with Gasteiger partial charge in [-0.25, -0.2) is 15.0 Å². The Morgan fingerprint density at radius 2 is 2.07 bits per heavy atom. The van der Waals surface area contributed by atoms with E-state index in [1.807, 2.05) is 18.2 Å². The van der Waals surface area contributed by atoms with E-state index in [0.717, 1.165) is 55.1 Å². The van der Waals surface area contributed by atoms with Crippen molar-refractivity contribution in [2.75, 3.05) is 16.2 Å². The van der Waals surface area contributed by atoms with Crippen molar-refractivity contribution in [3.63, 3.8) is 0 Å². The molecule has 1 saturated heterocycles. The molecule has 1 aliphatic heterocycles. The molecule has 0 unspecified atom stereocenters. The number of hydrogen-bond acceptors (Lipinski definition) is 6. The summed E-state index contributed by atoms with van der Waals surface area (Å²) < 4.78 is 29.6. The smallest absolute Gasteiger partial charge is 0.280 e. The van der Waals surface area contributed by atoms with E-state index in [-0.39, 0.29) is 5.03 Å². The van der Waals surface area contributed by atoms with E-state index in [1.165, 1.54) is 18.1 Å². The Morgan fingerprint density at radius 1 is 1.20 bits per heavy atom. The Balaban J connectivity index is 1.51. The fourth-order valence-electron chi connectivity index (χ4n) is 4.07. The van der Waals surface area contributed by atoms with Crippen LogP contribution in [0, 0.1) is 0 Å². The molecule has 1 atom stereocenters. The van der Waals surface area contributed by atoms with Gasteiger partial charge in [-0.1, -0.05) is 12.1 Å². The summed E-state index contributed by atoms with van der Waals surface area (Å²) in [5, 5.41) is -0.00705. The van der Waals surface area contributed by atoms with Gasteiger partial charge < -0.3 is 9.47 Å². The van der Waals surface area contributed by atoms with Crippen LogP contribution in [0.3, 0.4) is 0 Å². The highest BCUT2D eigenvalue weighted by atomic mass is 32.2. The maximum Gasteiger partial charge on any atom is 0.280 e. The third-order valence-electron chi connectivity index (χ3n) is 5.84. The zero-order valence-corrected chi connectivity index (χ0v) is 17.9. The molecule has 0 saturated carbocycles. The summed E-state index contributed by atoms with van der Waals surface area (Å²) in [4.78, 5) is 15.9. The first kappa shape index (κ1) is 19.0. The summed E-state index contributed by atoms with van der Waals surface area (Å²) in [5.41, 5.74) is 4.59. The lowest BCUT2D eigenvalue weighted by Crippen LogP contribution is -2.46. The molecule has 2 aliphatic rings. The quantitative estimate of drug-likeness (QED) is 0.677. The van der Waals surface area contributed by atoms with Gasteiger partial charge in [-0.2, -0.15) is 8.42 Å². The maximum atomic E-state index is 12.7. The molecule has 0 radical (unpaired) electrons. The summed E-state index contributed by atoms with van der Waals surface area (Å²) in [6, 6.07) is 7.85. The van der Waals surface area contributed by atoms with Crippen molar-refractivity contribution in [3.05, 3.63) is 48.0 Å². The first-order chi connectivity index (χ1) is 14.4. The summed E-state index contributed by atoms with van der Waals surface area (Å²) in [7, 11) is -2.01. The van der Waals surface area contributed by atoms with Crippen molar-refractivity contribution in [1.82, 2.24) is 19.5 Å². The van der Waals surface area contributed by atoms with Gasteiger partial charge in [0.05, 0.1) is 12.0 Å². The Labute approximate surface area is 176 Å². The zero-order valence-electron chi connectivity index (χ0n) is 17.0. The molecule has 8 nitrogen and oxygen atoms in total. The largest absolute Gasteiger partial charge is 0.339 e. The Morgan fingerprint density at radius 3 is 2.77 bits per heavy atom. The molecular weight excluding hydrogens is 400 g/mol.